The molecule has 3 aromatic carbocycles. The molecular formula is C24H23N3O2S. The largest absolute Gasteiger partial charge is 0.508 e. The molecule has 0 bridgehead atoms. The van der Waals surface area contributed by atoms with E-state index in [1.165, 1.54) is 23.5 Å². The minimum atomic E-state index is -0.0128. The number of benzene rings is 3. The molecule has 0 radical (unpaired) electrons. The average Bonchev–Trinajstić information content (AvgIpc) is 3.08. The lowest BCUT2D eigenvalue weighted by molar-refractivity contribution is 0.450. The van der Waals surface area contributed by atoms with E-state index in [2.05, 4.69) is 29.6 Å². The normalized spacial score (nSPS) is 12.8. The number of hydrogen-bond donors (Lipinski definition) is 2. The summed E-state index contributed by atoms with van der Waals surface area (Å²) in [5.74, 6) is 0.000293. The molecule has 5 nitrogen and oxygen atoms in total. The maximum absolute atomic E-state index is 10.3. The Labute approximate surface area is 178 Å². The summed E-state index contributed by atoms with van der Waals surface area (Å²) in [4.78, 5) is 5.52. The third-order valence-electron chi connectivity index (χ3n) is 4.74. The molecule has 2 N–H and O–H groups in total. The average molecular weight is 418 g/mol. The zero-order valence-electron chi connectivity index (χ0n) is 17.1. The lowest BCUT2D eigenvalue weighted by atomic mass is 10.0. The summed E-state index contributed by atoms with van der Waals surface area (Å²) in [6.07, 6.45) is 0. The fraction of sp³-hybridized carbons (Fsp3) is 0.167. The summed E-state index contributed by atoms with van der Waals surface area (Å²) in [5, 5.41) is 29.0. The van der Waals surface area contributed by atoms with Crippen molar-refractivity contribution in [3.63, 3.8) is 0 Å². The molecule has 0 aliphatic rings. The van der Waals surface area contributed by atoms with Gasteiger partial charge in [-0.2, -0.15) is 5.10 Å². The van der Waals surface area contributed by atoms with Gasteiger partial charge in [0.15, 0.2) is 0 Å². The van der Waals surface area contributed by atoms with E-state index in [1.54, 1.807) is 6.07 Å². The van der Waals surface area contributed by atoms with Crippen LogP contribution < -0.4 is 4.80 Å². The molecule has 0 saturated carbocycles. The van der Waals surface area contributed by atoms with Crippen LogP contribution >= 0.6 is 11.3 Å². The first-order chi connectivity index (χ1) is 14.4. The maximum Gasteiger partial charge on any atom is 0.206 e. The smallest absolute Gasteiger partial charge is 0.206 e. The van der Waals surface area contributed by atoms with Gasteiger partial charge in [0.2, 0.25) is 4.80 Å². The first-order valence-electron chi connectivity index (χ1n) is 9.74. The molecule has 4 aromatic rings. The van der Waals surface area contributed by atoms with Crippen molar-refractivity contribution in [2.75, 3.05) is 0 Å². The molecule has 0 aliphatic heterocycles. The van der Waals surface area contributed by atoms with Gasteiger partial charge < -0.3 is 10.2 Å². The molecule has 1 aromatic heterocycles. The van der Waals surface area contributed by atoms with Crippen LogP contribution in [-0.2, 0) is 0 Å². The molecule has 0 unspecified atom stereocenters. The SMILES string of the molecule is CC(=Nn1c(-c2cccc3ccccc23)csc1=NC(C)C)c1ccc(O)cc1O. The molecule has 30 heavy (non-hydrogen) atoms. The first kappa shape index (κ1) is 19.9. The van der Waals surface area contributed by atoms with Crippen LogP contribution in [0, 0.1) is 0 Å². The predicted octanol–water partition coefficient (Wildman–Crippen LogP) is 5.36. The van der Waals surface area contributed by atoms with E-state index >= 15 is 0 Å². The zero-order valence-corrected chi connectivity index (χ0v) is 17.9. The Morgan fingerprint density at radius 3 is 2.53 bits per heavy atom. The number of phenolic OH excluding ortho intramolecular Hbond substituents is 2. The quantitative estimate of drug-likeness (QED) is 0.439. The van der Waals surface area contributed by atoms with Crippen LogP contribution in [-0.4, -0.2) is 26.6 Å². The Kier molecular flexibility index (Phi) is 5.42. The first-order valence-corrected chi connectivity index (χ1v) is 10.6. The van der Waals surface area contributed by atoms with Crippen LogP contribution in [0.15, 0.2) is 76.1 Å². The Bertz CT molecular complexity index is 1310. The fourth-order valence-corrected chi connectivity index (χ4v) is 4.32. The van der Waals surface area contributed by atoms with Crippen molar-refractivity contribution < 1.29 is 10.2 Å². The zero-order chi connectivity index (χ0) is 21.3. The van der Waals surface area contributed by atoms with E-state index in [9.17, 15) is 10.2 Å². The third-order valence-corrected chi connectivity index (χ3v) is 5.57. The highest BCUT2D eigenvalue weighted by Crippen LogP contribution is 2.29. The second-order valence-corrected chi connectivity index (χ2v) is 8.19. The topological polar surface area (TPSA) is 70.1 Å². The van der Waals surface area contributed by atoms with Crippen LogP contribution in [0.1, 0.15) is 26.3 Å². The van der Waals surface area contributed by atoms with Crippen LogP contribution in [0.4, 0.5) is 0 Å². The number of nitrogens with zero attached hydrogens (tertiary/aromatic N) is 3. The number of thiazole rings is 1. The van der Waals surface area contributed by atoms with Crippen molar-refractivity contribution in [1.29, 1.82) is 0 Å². The highest BCUT2D eigenvalue weighted by atomic mass is 32.1. The Balaban J connectivity index is 1.95. The summed E-state index contributed by atoms with van der Waals surface area (Å²) in [5.41, 5.74) is 3.19. The van der Waals surface area contributed by atoms with E-state index in [1.807, 2.05) is 43.6 Å². The summed E-state index contributed by atoms with van der Waals surface area (Å²) in [6, 6.07) is 19.1. The van der Waals surface area contributed by atoms with E-state index in [0.29, 0.717) is 11.3 Å². The molecule has 4 rings (SSSR count). The van der Waals surface area contributed by atoms with Crippen molar-refractivity contribution in [3.05, 3.63) is 76.4 Å². The molecule has 0 aliphatic carbocycles. The van der Waals surface area contributed by atoms with Gasteiger partial charge in [0.25, 0.3) is 0 Å². The second kappa shape index (κ2) is 8.16. The molecule has 6 heteroatoms. The van der Waals surface area contributed by atoms with Gasteiger partial charge in [-0.3, -0.25) is 4.99 Å². The van der Waals surface area contributed by atoms with E-state index in [-0.39, 0.29) is 17.5 Å². The van der Waals surface area contributed by atoms with Gasteiger partial charge in [0.05, 0.1) is 11.4 Å². The molecule has 0 saturated heterocycles. The monoisotopic (exact) mass is 417 g/mol. The number of aromatic nitrogens is 1. The van der Waals surface area contributed by atoms with Crippen molar-refractivity contribution in [3.8, 4) is 22.8 Å². The van der Waals surface area contributed by atoms with E-state index < -0.39 is 0 Å². The molecule has 0 amide bonds. The number of phenols is 2. The Morgan fingerprint density at radius 2 is 1.77 bits per heavy atom. The number of aromatic hydroxyl groups is 2. The third kappa shape index (κ3) is 3.86. The number of hydrogen-bond acceptors (Lipinski definition) is 5. The van der Waals surface area contributed by atoms with Crippen LogP contribution in [0.3, 0.4) is 0 Å². The van der Waals surface area contributed by atoms with Gasteiger partial charge in [-0.1, -0.05) is 42.5 Å². The van der Waals surface area contributed by atoms with E-state index in [4.69, 9.17) is 10.1 Å². The van der Waals surface area contributed by atoms with Gasteiger partial charge in [0.1, 0.15) is 11.5 Å². The predicted molar refractivity (Wildman–Crippen MR) is 123 cm³/mol. The summed E-state index contributed by atoms with van der Waals surface area (Å²) in [7, 11) is 0. The molecular weight excluding hydrogens is 394 g/mol. The molecule has 152 valence electrons. The minimum Gasteiger partial charge on any atom is -0.508 e. The summed E-state index contributed by atoms with van der Waals surface area (Å²) in [6.45, 7) is 5.90. The summed E-state index contributed by atoms with van der Waals surface area (Å²) < 4.78 is 1.84. The molecule has 0 spiro atoms. The molecule has 0 atom stereocenters. The van der Waals surface area contributed by atoms with Gasteiger partial charge in [0, 0.05) is 28.6 Å². The Hall–Kier alpha value is -3.38. The highest BCUT2D eigenvalue weighted by Gasteiger charge is 2.13. The van der Waals surface area contributed by atoms with Gasteiger partial charge in [-0.15, -0.1) is 11.3 Å². The Morgan fingerprint density at radius 1 is 1.00 bits per heavy atom. The van der Waals surface area contributed by atoms with Gasteiger partial charge >= 0.3 is 0 Å². The maximum atomic E-state index is 10.3. The van der Waals surface area contributed by atoms with Crippen LogP contribution in [0.2, 0.25) is 0 Å². The van der Waals surface area contributed by atoms with E-state index in [0.717, 1.165) is 26.8 Å². The second-order valence-electron chi connectivity index (χ2n) is 7.35. The fourth-order valence-electron chi connectivity index (χ4n) is 3.37. The van der Waals surface area contributed by atoms with Crippen LogP contribution in [0.5, 0.6) is 11.5 Å². The molecule has 1 heterocycles. The van der Waals surface area contributed by atoms with Gasteiger partial charge in [-0.25, -0.2) is 4.68 Å². The summed E-state index contributed by atoms with van der Waals surface area (Å²) >= 11 is 1.54. The lowest BCUT2D eigenvalue weighted by Gasteiger charge is -2.10. The standard InChI is InChI=1S/C24H23N3O2S/c1-15(2)25-24-27(26-16(3)19-12-11-18(28)13-23(19)29)22(14-30-24)21-10-6-8-17-7-4-5-9-20(17)21/h4-15,28-29H,1-3H3. The molecule has 0 fully saturated rings. The number of fused-ring (bicyclic) bond motifs is 1. The van der Waals surface area contributed by atoms with Crippen molar-refractivity contribution in [2.45, 2.75) is 26.8 Å². The van der Waals surface area contributed by atoms with Crippen molar-refractivity contribution in [1.82, 2.24) is 4.68 Å². The van der Waals surface area contributed by atoms with Crippen molar-refractivity contribution in [2.24, 2.45) is 10.1 Å². The van der Waals surface area contributed by atoms with Crippen LogP contribution in [0.25, 0.3) is 22.0 Å². The van der Waals surface area contributed by atoms with Gasteiger partial charge in [-0.05, 0) is 43.7 Å². The lowest BCUT2D eigenvalue weighted by Crippen LogP contribution is -2.16. The highest BCUT2D eigenvalue weighted by molar-refractivity contribution is 7.07. The van der Waals surface area contributed by atoms with Crippen molar-refractivity contribution >= 4 is 27.8 Å². The number of rotatable bonds is 4. The minimum absolute atomic E-state index is 0.0128.